The van der Waals surface area contributed by atoms with Crippen molar-refractivity contribution in [2.45, 2.75) is 12.5 Å². The topological polar surface area (TPSA) is 55.0 Å². The van der Waals surface area contributed by atoms with Crippen LogP contribution in [0.5, 0.6) is 5.75 Å². The molecule has 0 unspecified atom stereocenters. The summed E-state index contributed by atoms with van der Waals surface area (Å²) in [5.41, 5.74) is 1.99. The molecule has 27 heavy (non-hydrogen) atoms. The van der Waals surface area contributed by atoms with Gasteiger partial charge in [0.25, 0.3) is 5.91 Å². The lowest BCUT2D eigenvalue weighted by Crippen LogP contribution is -2.27. The van der Waals surface area contributed by atoms with Crippen LogP contribution in [0.4, 0.5) is 0 Å². The highest BCUT2D eigenvalue weighted by Gasteiger charge is 2.36. The average Bonchev–Trinajstić information content (AvgIpc) is 3.37. The number of rotatable bonds is 4. The Morgan fingerprint density at radius 3 is 2.67 bits per heavy atom. The molecule has 6 heteroatoms. The van der Waals surface area contributed by atoms with Gasteiger partial charge in [-0.1, -0.05) is 41.9 Å². The third-order valence-corrected chi connectivity index (χ3v) is 4.86. The number of carbonyl (C=O) groups is 1. The molecule has 2 heterocycles. The lowest BCUT2D eigenvalue weighted by atomic mass is 9.99. The maximum atomic E-state index is 13.2. The monoisotopic (exact) mass is 380 g/mol. The molecule has 1 aliphatic rings. The van der Waals surface area contributed by atoms with Crippen molar-refractivity contribution >= 4 is 23.2 Å². The number of para-hydroxylation sites is 1. The molecule has 0 aliphatic carbocycles. The minimum Gasteiger partial charge on any atom is -0.496 e. The molecule has 0 radical (unpaired) electrons. The second-order valence-electron chi connectivity index (χ2n) is 6.12. The van der Waals surface area contributed by atoms with Gasteiger partial charge in [0.15, 0.2) is 0 Å². The zero-order valence-electron chi connectivity index (χ0n) is 14.6. The molecular weight excluding hydrogens is 364 g/mol. The Bertz CT molecular complexity index is 998. The van der Waals surface area contributed by atoms with E-state index in [0.717, 1.165) is 5.56 Å². The zero-order chi connectivity index (χ0) is 18.8. The van der Waals surface area contributed by atoms with Crippen LogP contribution < -0.4 is 4.74 Å². The minimum absolute atomic E-state index is 0.266. The molecule has 3 aromatic rings. The van der Waals surface area contributed by atoms with Gasteiger partial charge in [-0.05, 0) is 30.3 Å². The number of hydrazone groups is 1. The number of nitrogens with zero attached hydrogens (tertiary/aromatic N) is 2. The molecule has 1 aliphatic heterocycles. The van der Waals surface area contributed by atoms with Crippen LogP contribution in [-0.4, -0.2) is 23.7 Å². The maximum absolute atomic E-state index is 13.2. The van der Waals surface area contributed by atoms with Gasteiger partial charge in [-0.25, -0.2) is 5.01 Å². The van der Waals surface area contributed by atoms with E-state index in [2.05, 4.69) is 5.10 Å². The van der Waals surface area contributed by atoms with E-state index in [9.17, 15) is 4.79 Å². The van der Waals surface area contributed by atoms with Gasteiger partial charge in [-0.15, -0.1) is 0 Å². The van der Waals surface area contributed by atoms with Gasteiger partial charge in [0.2, 0.25) is 0 Å². The summed E-state index contributed by atoms with van der Waals surface area (Å²) in [5, 5.41) is 6.43. The fourth-order valence-corrected chi connectivity index (χ4v) is 3.45. The second kappa shape index (κ2) is 7.29. The number of hydrogen-bond donors (Lipinski definition) is 0. The van der Waals surface area contributed by atoms with Gasteiger partial charge in [0, 0.05) is 12.0 Å². The molecule has 136 valence electrons. The minimum atomic E-state index is -0.315. The van der Waals surface area contributed by atoms with Crippen LogP contribution in [0.2, 0.25) is 5.02 Å². The molecule has 0 spiro atoms. The molecule has 2 aromatic carbocycles. The molecule has 0 bridgehead atoms. The van der Waals surface area contributed by atoms with Crippen LogP contribution in [0.25, 0.3) is 0 Å². The van der Waals surface area contributed by atoms with E-state index >= 15 is 0 Å². The van der Waals surface area contributed by atoms with Crippen molar-refractivity contribution in [3.63, 3.8) is 0 Å². The van der Waals surface area contributed by atoms with E-state index in [0.29, 0.717) is 34.2 Å². The van der Waals surface area contributed by atoms with Crippen molar-refractivity contribution in [1.29, 1.82) is 0 Å². The number of methoxy groups -OCH3 is 1. The van der Waals surface area contributed by atoms with Gasteiger partial charge >= 0.3 is 0 Å². The first-order valence-corrected chi connectivity index (χ1v) is 8.89. The SMILES string of the molecule is COc1ccccc1[C@H]1CC(c2ccco2)=NN1C(=O)c1ccccc1Cl. The Labute approximate surface area is 161 Å². The molecular formula is C21H17ClN2O3. The molecule has 1 amide bonds. The van der Waals surface area contributed by atoms with E-state index in [1.165, 1.54) is 5.01 Å². The molecule has 5 nitrogen and oxygen atoms in total. The van der Waals surface area contributed by atoms with Gasteiger partial charge in [0.05, 0.1) is 30.0 Å². The standard InChI is InChI=1S/C21H17ClN2O3/c1-26-19-10-5-3-8-15(19)18-13-17(20-11-6-12-27-20)23-24(18)21(25)14-7-2-4-9-16(14)22/h2-12,18H,13H2,1H3/t18-/m1/s1. The molecule has 1 atom stereocenters. The van der Waals surface area contributed by atoms with Gasteiger partial charge < -0.3 is 9.15 Å². The Morgan fingerprint density at radius 2 is 1.93 bits per heavy atom. The third-order valence-electron chi connectivity index (χ3n) is 4.53. The Hall–Kier alpha value is -3.05. The van der Waals surface area contributed by atoms with Crippen molar-refractivity contribution in [3.05, 3.63) is 88.8 Å². The summed E-state index contributed by atoms with van der Waals surface area (Å²) in [6.45, 7) is 0. The van der Waals surface area contributed by atoms with E-state index < -0.39 is 0 Å². The predicted octanol–water partition coefficient (Wildman–Crippen LogP) is 4.93. The average molecular weight is 381 g/mol. The Morgan fingerprint density at radius 1 is 1.15 bits per heavy atom. The molecule has 0 N–H and O–H groups in total. The molecule has 1 aromatic heterocycles. The van der Waals surface area contributed by atoms with Gasteiger partial charge in [0.1, 0.15) is 17.2 Å². The predicted molar refractivity (Wildman–Crippen MR) is 103 cm³/mol. The van der Waals surface area contributed by atoms with Crippen LogP contribution in [0, 0.1) is 0 Å². The van der Waals surface area contributed by atoms with Crippen molar-refractivity contribution in [2.75, 3.05) is 7.11 Å². The maximum Gasteiger partial charge on any atom is 0.276 e. The summed E-state index contributed by atoms with van der Waals surface area (Å²) in [4.78, 5) is 13.2. The van der Waals surface area contributed by atoms with E-state index in [-0.39, 0.29) is 11.9 Å². The first kappa shape index (κ1) is 17.4. The number of furan rings is 1. The summed E-state index contributed by atoms with van der Waals surface area (Å²) < 4.78 is 11.0. The molecule has 0 saturated heterocycles. The lowest BCUT2D eigenvalue weighted by Gasteiger charge is -2.24. The van der Waals surface area contributed by atoms with Crippen LogP contribution in [0.15, 0.2) is 76.4 Å². The van der Waals surface area contributed by atoms with Crippen LogP contribution in [0.1, 0.15) is 34.1 Å². The summed E-state index contributed by atoms with van der Waals surface area (Å²) >= 11 is 6.25. The summed E-state index contributed by atoms with van der Waals surface area (Å²) in [5.74, 6) is 1.08. The van der Waals surface area contributed by atoms with Crippen LogP contribution >= 0.6 is 11.6 Å². The number of hydrogen-bond acceptors (Lipinski definition) is 4. The number of ether oxygens (including phenoxy) is 1. The second-order valence-corrected chi connectivity index (χ2v) is 6.52. The van der Waals surface area contributed by atoms with Crippen molar-refractivity contribution in [1.82, 2.24) is 5.01 Å². The third kappa shape index (κ3) is 3.22. The highest BCUT2D eigenvalue weighted by molar-refractivity contribution is 6.33. The fourth-order valence-electron chi connectivity index (χ4n) is 3.23. The highest BCUT2D eigenvalue weighted by atomic mass is 35.5. The summed E-state index contributed by atoms with van der Waals surface area (Å²) in [6, 6.07) is 17.9. The summed E-state index contributed by atoms with van der Waals surface area (Å²) in [6.07, 6.45) is 2.11. The fraction of sp³-hybridized carbons (Fsp3) is 0.143. The number of carbonyl (C=O) groups excluding carboxylic acids is 1. The molecule has 0 fully saturated rings. The van der Waals surface area contributed by atoms with E-state index in [1.807, 2.05) is 30.3 Å². The first-order chi connectivity index (χ1) is 13.2. The quantitative estimate of drug-likeness (QED) is 0.644. The van der Waals surface area contributed by atoms with E-state index in [1.54, 1.807) is 43.7 Å². The zero-order valence-corrected chi connectivity index (χ0v) is 15.4. The number of benzene rings is 2. The van der Waals surface area contributed by atoms with Gasteiger partial charge in [-0.3, -0.25) is 4.79 Å². The van der Waals surface area contributed by atoms with E-state index in [4.69, 9.17) is 20.8 Å². The normalized spacial score (nSPS) is 16.3. The smallest absolute Gasteiger partial charge is 0.276 e. The number of amides is 1. The van der Waals surface area contributed by atoms with Gasteiger partial charge in [-0.2, -0.15) is 5.10 Å². The molecule has 4 rings (SSSR count). The molecule has 0 saturated carbocycles. The Kier molecular flexibility index (Phi) is 4.69. The largest absolute Gasteiger partial charge is 0.496 e. The lowest BCUT2D eigenvalue weighted by molar-refractivity contribution is 0.0709. The highest BCUT2D eigenvalue weighted by Crippen LogP contribution is 2.38. The van der Waals surface area contributed by atoms with Crippen molar-refractivity contribution < 1.29 is 13.9 Å². The van der Waals surface area contributed by atoms with Crippen molar-refractivity contribution in [2.24, 2.45) is 5.10 Å². The number of halogens is 1. The Balaban J connectivity index is 1.78. The van der Waals surface area contributed by atoms with Crippen LogP contribution in [0.3, 0.4) is 0 Å². The van der Waals surface area contributed by atoms with Crippen LogP contribution in [-0.2, 0) is 0 Å². The van der Waals surface area contributed by atoms with Crippen molar-refractivity contribution in [3.8, 4) is 5.75 Å². The summed E-state index contributed by atoms with van der Waals surface area (Å²) in [7, 11) is 1.61. The first-order valence-electron chi connectivity index (χ1n) is 8.51.